The van der Waals surface area contributed by atoms with Gasteiger partial charge in [0.25, 0.3) is 5.91 Å². The Hall–Kier alpha value is -3.61. The lowest BCUT2D eigenvalue weighted by Gasteiger charge is -2.17. The number of carboxylic acids is 1. The fourth-order valence-electron chi connectivity index (χ4n) is 3.66. The lowest BCUT2D eigenvalue weighted by molar-refractivity contribution is -0.192. The predicted octanol–water partition coefficient (Wildman–Crippen LogP) is 1.40. The van der Waals surface area contributed by atoms with Crippen LogP contribution in [0.25, 0.3) is 11.0 Å². The molecule has 0 bridgehead atoms. The van der Waals surface area contributed by atoms with Crippen LogP contribution in [0.3, 0.4) is 0 Å². The van der Waals surface area contributed by atoms with Crippen LogP contribution in [0.15, 0.2) is 35.4 Å². The summed E-state index contributed by atoms with van der Waals surface area (Å²) >= 11 is 0. The third-order valence-electron chi connectivity index (χ3n) is 5.36. The Morgan fingerprint density at radius 2 is 1.97 bits per heavy atom. The van der Waals surface area contributed by atoms with Gasteiger partial charge in [0.1, 0.15) is 5.82 Å². The first-order chi connectivity index (χ1) is 15.6. The number of imidazole rings is 2. The van der Waals surface area contributed by atoms with Gasteiger partial charge in [-0.05, 0) is 31.0 Å². The van der Waals surface area contributed by atoms with Gasteiger partial charge >= 0.3 is 17.8 Å². The van der Waals surface area contributed by atoms with Crippen LogP contribution >= 0.6 is 0 Å². The number of hydrogen-bond donors (Lipinski definition) is 4. The largest absolute Gasteiger partial charge is 0.490 e. The first kappa shape index (κ1) is 22.6. The zero-order valence-electron chi connectivity index (χ0n) is 17.2. The number of amides is 1. The molecule has 1 aliphatic carbocycles. The minimum atomic E-state index is -5.08. The molecule has 1 fully saturated rings. The molecule has 1 amide bonds. The van der Waals surface area contributed by atoms with Crippen molar-refractivity contribution in [3.63, 3.8) is 0 Å². The van der Waals surface area contributed by atoms with Gasteiger partial charge in [-0.1, -0.05) is 0 Å². The molecule has 10 nitrogen and oxygen atoms in total. The van der Waals surface area contributed by atoms with E-state index in [1.54, 1.807) is 16.8 Å². The summed E-state index contributed by atoms with van der Waals surface area (Å²) in [5.41, 5.74) is 2.06. The molecule has 5 rings (SSSR count). The first-order valence-corrected chi connectivity index (χ1v) is 10.2. The number of benzene rings is 1. The molecule has 4 N–H and O–H groups in total. The van der Waals surface area contributed by atoms with E-state index in [2.05, 4.69) is 25.2 Å². The normalized spacial score (nSPS) is 18.1. The number of carboxylic acid groups (broad SMARTS) is 1. The molecule has 0 spiro atoms. The van der Waals surface area contributed by atoms with Gasteiger partial charge in [0, 0.05) is 37.1 Å². The number of carbonyl (C=O) groups excluding carboxylic acids is 1. The van der Waals surface area contributed by atoms with Crippen molar-refractivity contribution in [2.45, 2.75) is 44.2 Å². The summed E-state index contributed by atoms with van der Waals surface area (Å²) in [6.45, 7) is 2.07. The molecule has 13 heteroatoms. The zero-order chi connectivity index (χ0) is 23.8. The van der Waals surface area contributed by atoms with E-state index in [9.17, 15) is 22.8 Å². The number of carbonyl (C=O) groups is 2. The average molecular weight is 466 g/mol. The van der Waals surface area contributed by atoms with Crippen molar-refractivity contribution in [1.29, 1.82) is 0 Å². The summed E-state index contributed by atoms with van der Waals surface area (Å²) < 4.78 is 35.6. The highest BCUT2D eigenvalue weighted by Gasteiger charge is 2.38. The minimum absolute atomic E-state index is 0.0227. The van der Waals surface area contributed by atoms with Crippen molar-refractivity contribution in [3.05, 3.63) is 52.5 Å². The summed E-state index contributed by atoms with van der Waals surface area (Å²) in [6, 6.07) is 5.63. The Kier molecular flexibility index (Phi) is 5.97. The highest BCUT2D eigenvalue weighted by Crippen LogP contribution is 2.35. The SMILES string of the molecule is O=C(NC1CNCc2nccn2C1)c1ccc2[nH]c(=O)n(C3CC3)c2c1.O=C(O)C(F)(F)F. The summed E-state index contributed by atoms with van der Waals surface area (Å²) in [4.78, 5) is 41.0. The van der Waals surface area contributed by atoms with E-state index in [1.807, 2.05) is 18.3 Å². The van der Waals surface area contributed by atoms with Crippen LogP contribution in [0.4, 0.5) is 13.2 Å². The highest BCUT2D eigenvalue weighted by molar-refractivity contribution is 5.97. The predicted molar refractivity (Wildman–Crippen MR) is 110 cm³/mol. The minimum Gasteiger partial charge on any atom is -0.475 e. The van der Waals surface area contributed by atoms with Crippen LogP contribution < -0.4 is 16.3 Å². The number of hydrogen-bond acceptors (Lipinski definition) is 5. The molecular weight excluding hydrogens is 445 g/mol. The van der Waals surface area contributed by atoms with Crippen LogP contribution in [-0.2, 0) is 17.9 Å². The number of rotatable bonds is 3. The number of nitrogens with one attached hydrogen (secondary N) is 3. The Labute approximate surface area is 184 Å². The molecule has 3 aromatic rings. The fourth-order valence-corrected chi connectivity index (χ4v) is 3.66. The van der Waals surface area contributed by atoms with Gasteiger partial charge in [0.05, 0.1) is 23.6 Å². The smallest absolute Gasteiger partial charge is 0.475 e. The summed E-state index contributed by atoms with van der Waals surface area (Å²) in [6.07, 6.45) is 0.661. The number of H-pyrrole nitrogens is 1. The lowest BCUT2D eigenvalue weighted by Crippen LogP contribution is -2.42. The molecule has 0 radical (unpaired) electrons. The third-order valence-corrected chi connectivity index (χ3v) is 5.36. The van der Waals surface area contributed by atoms with Gasteiger partial charge in [0.15, 0.2) is 0 Å². The van der Waals surface area contributed by atoms with Gasteiger partial charge in [-0.15, -0.1) is 0 Å². The third kappa shape index (κ3) is 5.08. The fraction of sp³-hybridized carbons (Fsp3) is 0.400. The van der Waals surface area contributed by atoms with Crippen molar-refractivity contribution in [2.75, 3.05) is 6.54 Å². The van der Waals surface area contributed by atoms with E-state index in [1.165, 1.54) is 0 Å². The Morgan fingerprint density at radius 1 is 1.24 bits per heavy atom. The second-order valence-corrected chi connectivity index (χ2v) is 7.86. The molecule has 3 heterocycles. The number of aliphatic carboxylic acids is 1. The van der Waals surface area contributed by atoms with E-state index in [0.717, 1.165) is 29.7 Å². The Bertz CT molecular complexity index is 1240. The number of nitrogens with zero attached hydrogens (tertiary/aromatic N) is 3. The summed E-state index contributed by atoms with van der Waals surface area (Å²) in [5.74, 6) is -1.91. The maximum absolute atomic E-state index is 12.8. The highest BCUT2D eigenvalue weighted by atomic mass is 19.4. The van der Waals surface area contributed by atoms with Crippen LogP contribution in [0.1, 0.15) is 35.1 Å². The molecule has 1 atom stereocenters. The van der Waals surface area contributed by atoms with Crippen LogP contribution in [0, 0.1) is 0 Å². The van der Waals surface area contributed by atoms with Gasteiger partial charge in [-0.25, -0.2) is 14.6 Å². The molecule has 176 valence electrons. The molecule has 2 aliphatic rings. The van der Waals surface area contributed by atoms with E-state index in [4.69, 9.17) is 9.90 Å². The summed E-state index contributed by atoms with van der Waals surface area (Å²) in [7, 11) is 0. The van der Waals surface area contributed by atoms with E-state index < -0.39 is 12.1 Å². The van der Waals surface area contributed by atoms with Crippen LogP contribution in [0.2, 0.25) is 0 Å². The number of aromatic amines is 1. The van der Waals surface area contributed by atoms with Crippen molar-refractivity contribution >= 4 is 22.9 Å². The van der Waals surface area contributed by atoms with Gasteiger partial charge in [-0.3, -0.25) is 9.36 Å². The second kappa shape index (κ2) is 8.73. The van der Waals surface area contributed by atoms with E-state index in [-0.39, 0.29) is 23.7 Å². The topological polar surface area (TPSA) is 134 Å². The molecule has 1 unspecified atom stereocenters. The standard InChI is InChI=1S/C18H20N6O2.C2HF3O2/c25-17(21-12-8-19-9-16-20-5-6-23(16)10-12)11-1-4-14-15(7-11)24(13-2-3-13)18(26)22-14;3-2(4,5)1(6)7/h1,4-7,12-13,19H,2-3,8-10H2,(H,21,25)(H,22,26);(H,6,7). The molecule has 33 heavy (non-hydrogen) atoms. The van der Waals surface area contributed by atoms with E-state index in [0.29, 0.717) is 25.2 Å². The zero-order valence-corrected chi connectivity index (χ0v) is 17.2. The molecule has 1 saturated carbocycles. The van der Waals surface area contributed by atoms with Crippen LogP contribution in [0.5, 0.6) is 0 Å². The van der Waals surface area contributed by atoms with Crippen molar-refractivity contribution in [1.82, 2.24) is 29.7 Å². The van der Waals surface area contributed by atoms with Crippen molar-refractivity contribution in [2.24, 2.45) is 0 Å². The molecule has 1 aliphatic heterocycles. The van der Waals surface area contributed by atoms with Crippen molar-refractivity contribution < 1.29 is 27.9 Å². The number of fused-ring (bicyclic) bond motifs is 2. The second-order valence-electron chi connectivity index (χ2n) is 7.86. The summed E-state index contributed by atoms with van der Waals surface area (Å²) in [5, 5.41) is 13.5. The van der Waals surface area contributed by atoms with E-state index >= 15 is 0 Å². The van der Waals surface area contributed by atoms with Gasteiger partial charge in [0.2, 0.25) is 0 Å². The molecular formula is C20H21F3N6O4. The molecule has 1 aromatic carbocycles. The Morgan fingerprint density at radius 3 is 2.64 bits per heavy atom. The maximum atomic E-state index is 12.8. The van der Waals surface area contributed by atoms with Gasteiger partial charge < -0.3 is 25.3 Å². The maximum Gasteiger partial charge on any atom is 0.490 e. The Balaban J connectivity index is 0.000000325. The number of aromatic nitrogens is 4. The average Bonchev–Trinajstić information content (AvgIpc) is 3.44. The van der Waals surface area contributed by atoms with Crippen LogP contribution in [-0.4, -0.2) is 54.8 Å². The van der Waals surface area contributed by atoms with Crippen molar-refractivity contribution in [3.8, 4) is 0 Å². The number of halogens is 3. The lowest BCUT2D eigenvalue weighted by atomic mass is 10.1. The quantitative estimate of drug-likeness (QED) is 0.461. The first-order valence-electron chi connectivity index (χ1n) is 10.2. The monoisotopic (exact) mass is 466 g/mol. The molecule has 2 aromatic heterocycles. The molecule has 0 saturated heterocycles. The van der Waals surface area contributed by atoms with Gasteiger partial charge in [-0.2, -0.15) is 13.2 Å². The number of alkyl halides is 3.